The predicted octanol–water partition coefficient (Wildman–Crippen LogP) is 16.9. The zero-order chi connectivity index (χ0) is 57.4. The van der Waals surface area contributed by atoms with Gasteiger partial charge in [-0.1, -0.05) is 172 Å². The van der Waals surface area contributed by atoms with E-state index < -0.39 is 5.41 Å². The van der Waals surface area contributed by atoms with Gasteiger partial charge >= 0.3 is 0 Å². The first-order valence-electron chi connectivity index (χ1n) is 30.0. The van der Waals surface area contributed by atoms with Crippen molar-refractivity contribution < 1.29 is 14.2 Å². The summed E-state index contributed by atoms with van der Waals surface area (Å²) < 4.78 is 28.4. The minimum atomic E-state index is -0.405. The van der Waals surface area contributed by atoms with E-state index in [4.69, 9.17) is 14.2 Å². The van der Waals surface area contributed by atoms with Crippen LogP contribution in [-0.2, 0) is 5.41 Å². The number of nitrogens with zero attached hydrogens (tertiary/aromatic N) is 3. The molecule has 3 aromatic heterocycles. The van der Waals surface area contributed by atoms with Crippen molar-refractivity contribution in [3.8, 4) is 68.1 Å². The first kappa shape index (κ1) is 48.9. The van der Waals surface area contributed by atoms with Crippen molar-refractivity contribution in [2.45, 2.75) is 26.2 Å². The number of anilines is 3. The van der Waals surface area contributed by atoms with Crippen molar-refractivity contribution in [1.29, 1.82) is 0 Å². The topological polar surface area (TPSA) is 40.8 Å². The minimum Gasteiger partial charge on any atom is -0.458 e. The molecule has 0 aliphatic carbocycles. The SMILES string of the molecule is CC(C)(C)c1c(-c2cc3c4c(c2)N(c2ccccc2)c2cc(-n5c6ccccc6c6ccccc65)ccc2B4c2ccc(-n4c5ccccc5c5ccccc54)cc2O3)cc2c3c1Oc1ccccc1B3c1cc(-c3csc4ccccc34)ccc1O2. The molecule has 15 aromatic rings. The molecule has 0 saturated carbocycles. The largest absolute Gasteiger partial charge is 0.458 e. The molecule has 12 aromatic carbocycles. The van der Waals surface area contributed by atoms with Crippen molar-refractivity contribution in [2.24, 2.45) is 0 Å². The number of benzene rings is 12. The quantitative estimate of drug-likeness (QED) is 0.161. The number of fused-ring (bicyclic) bond motifs is 15. The summed E-state index contributed by atoms with van der Waals surface area (Å²) in [5.74, 6) is 4.99. The summed E-state index contributed by atoms with van der Waals surface area (Å²) in [6.07, 6.45) is 0. The van der Waals surface area contributed by atoms with Crippen LogP contribution >= 0.6 is 11.3 Å². The van der Waals surface area contributed by atoms with Crippen LogP contribution in [0.2, 0.25) is 0 Å². The maximum absolute atomic E-state index is 7.61. The Labute approximate surface area is 507 Å². The van der Waals surface area contributed by atoms with Crippen LogP contribution in [0.25, 0.3) is 87.3 Å². The Bertz CT molecular complexity index is 5370. The van der Waals surface area contributed by atoms with E-state index >= 15 is 0 Å². The number of hydrogen-bond donors (Lipinski definition) is 0. The van der Waals surface area contributed by atoms with Gasteiger partial charge in [0.05, 0.1) is 22.1 Å². The average Bonchev–Trinajstić information content (AvgIpc) is 1.72. The van der Waals surface area contributed by atoms with Crippen molar-refractivity contribution in [2.75, 3.05) is 4.90 Å². The number of rotatable bonds is 5. The number of thiophene rings is 1. The standard InChI is InChI=1S/C78H51B2N3O3S/c1-78(2,3)74-56(44-72-76-77(74)86-68-31-17-12-26-59(68)80(76)61-39-46(33-38-69(61)84-72)57-45-87-73-32-18-11-25-55(57)73)47-40-67-75-71(41-47)85-70-43-50(83-64-29-15-9-23-53(64)54-24-10-16-30-65(54)83)35-37-60(70)79(75)58-36-34-49(42-66(58)81(67)48-19-5-4-6-20-48)82-62-27-13-7-21-51(62)52-22-8-14-28-63(52)82/h4-45H,1-3H3. The van der Waals surface area contributed by atoms with Gasteiger partial charge in [0.25, 0.3) is 13.4 Å². The van der Waals surface area contributed by atoms with E-state index in [9.17, 15) is 0 Å². The molecule has 4 aliphatic heterocycles. The summed E-state index contributed by atoms with van der Waals surface area (Å²) in [5, 5.41) is 8.44. The van der Waals surface area contributed by atoms with Crippen LogP contribution in [-0.4, -0.2) is 22.6 Å². The predicted molar refractivity (Wildman–Crippen MR) is 364 cm³/mol. The van der Waals surface area contributed by atoms with Gasteiger partial charge < -0.3 is 28.2 Å². The lowest BCUT2D eigenvalue weighted by Gasteiger charge is -2.41. The van der Waals surface area contributed by atoms with E-state index in [1.54, 1.807) is 11.3 Å². The van der Waals surface area contributed by atoms with Gasteiger partial charge in [0.15, 0.2) is 0 Å². The Morgan fingerprint density at radius 2 is 0.908 bits per heavy atom. The fourth-order valence-corrected chi connectivity index (χ4v) is 16.2. The lowest BCUT2D eigenvalue weighted by atomic mass is 9.34. The van der Waals surface area contributed by atoms with E-state index in [0.717, 1.165) is 118 Å². The van der Waals surface area contributed by atoms with E-state index in [0.29, 0.717) is 0 Å². The van der Waals surface area contributed by atoms with Gasteiger partial charge in [-0.3, -0.25) is 0 Å². The molecular weight excluding hydrogens is 1080 g/mol. The molecule has 0 radical (unpaired) electrons. The zero-order valence-corrected chi connectivity index (χ0v) is 48.7. The third-order valence-electron chi connectivity index (χ3n) is 18.8. The summed E-state index contributed by atoms with van der Waals surface area (Å²) in [4.78, 5) is 2.48. The summed E-state index contributed by atoms with van der Waals surface area (Å²) >= 11 is 1.79. The Morgan fingerprint density at radius 1 is 0.356 bits per heavy atom. The summed E-state index contributed by atoms with van der Waals surface area (Å²) in [7, 11) is 0. The maximum Gasteiger partial charge on any atom is 0.260 e. The fourth-order valence-electron chi connectivity index (χ4n) is 15.2. The number of hydrogen-bond acceptors (Lipinski definition) is 5. The molecule has 7 heterocycles. The number of para-hydroxylation sites is 6. The van der Waals surface area contributed by atoms with Crippen molar-refractivity contribution >= 4 is 128 Å². The van der Waals surface area contributed by atoms with Crippen LogP contribution in [0.15, 0.2) is 254 Å². The van der Waals surface area contributed by atoms with Gasteiger partial charge in [-0.15, -0.1) is 11.3 Å². The molecule has 0 bridgehead atoms. The number of aromatic nitrogens is 2. The molecule has 408 valence electrons. The molecule has 0 unspecified atom stereocenters. The van der Waals surface area contributed by atoms with Gasteiger partial charge in [0.2, 0.25) is 0 Å². The van der Waals surface area contributed by atoms with Crippen molar-refractivity contribution in [3.05, 3.63) is 260 Å². The summed E-state index contributed by atoms with van der Waals surface area (Å²) in [6.45, 7) is 6.64. The van der Waals surface area contributed by atoms with Crippen LogP contribution in [0.1, 0.15) is 26.3 Å². The van der Waals surface area contributed by atoms with Crippen LogP contribution in [0.4, 0.5) is 17.1 Å². The third-order valence-corrected chi connectivity index (χ3v) is 19.8. The van der Waals surface area contributed by atoms with Gasteiger partial charge in [-0.05, 0) is 146 Å². The fraction of sp³-hybridized carbons (Fsp3) is 0.0513. The second kappa shape index (κ2) is 18.0. The highest BCUT2D eigenvalue weighted by Crippen LogP contribution is 2.51. The minimum absolute atomic E-state index is 0.133. The monoisotopic (exact) mass is 1130 g/mol. The van der Waals surface area contributed by atoms with E-state index in [1.165, 1.54) is 59.3 Å². The van der Waals surface area contributed by atoms with E-state index in [-0.39, 0.29) is 13.4 Å². The molecule has 87 heavy (non-hydrogen) atoms. The first-order valence-corrected chi connectivity index (χ1v) is 30.9. The van der Waals surface area contributed by atoms with Crippen LogP contribution in [0.3, 0.4) is 0 Å². The van der Waals surface area contributed by atoms with Crippen LogP contribution in [0.5, 0.6) is 34.5 Å². The van der Waals surface area contributed by atoms with E-state index in [1.807, 2.05) is 0 Å². The Kier molecular flexibility index (Phi) is 10.1. The maximum atomic E-state index is 7.61. The van der Waals surface area contributed by atoms with Gasteiger partial charge in [0.1, 0.15) is 34.5 Å². The average molecular weight is 1130 g/mol. The lowest BCUT2D eigenvalue weighted by molar-refractivity contribution is 0.446. The molecule has 6 nitrogen and oxygen atoms in total. The highest BCUT2D eigenvalue weighted by Gasteiger charge is 2.46. The second-order valence-corrected chi connectivity index (χ2v) is 25.6. The smallest absolute Gasteiger partial charge is 0.260 e. The second-order valence-electron chi connectivity index (χ2n) is 24.7. The summed E-state index contributed by atoms with van der Waals surface area (Å²) in [6, 6.07) is 91.0. The van der Waals surface area contributed by atoms with Crippen LogP contribution in [0, 0.1) is 0 Å². The number of ether oxygens (including phenoxy) is 3. The van der Waals surface area contributed by atoms with Gasteiger partial charge in [0, 0.05) is 82.7 Å². The lowest BCUT2D eigenvalue weighted by Crippen LogP contribution is -2.59. The van der Waals surface area contributed by atoms with E-state index in [2.05, 4.69) is 289 Å². The van der Waals surface area contributed by atoms with Gasteiger partial charge in [-0.2, -0.15) is 0 Å². The van der Waals surface area contributed by atoms with Crippen molar-refractivity contribution in [3.63, 3.8) is 0 Å². The molecule has 19 rings (SSSR count). The molecule has 0 amide bonds. The molecule has 0 fully saturated rings. The highest BCUT2D eigenvalue weighted by atomic mass is 32.1. The Balaban J connectivity index is 0.863. The highest BCUT2D eigenvalue weighted by molar-refractivity contribution is 7.17. The molecule has 0 spiro atoms. The van der Waals surface area contributed by atoms with Crippen LogP contribution < -0.4 is 51.9 Å². The molecule has 9 heteroatoms. The third kappa shape index (κ3) is 7.00. The van der Waals surface area contributed by atoms with Gasteiger partial charge in [-0.25, -0.2) is 0 Å². The zero-order valence-electron chi connectivity index (χ0n) is 47.9. The molecular formula is C78H51B2N3O3S. The molecule has 0 N–H and O–H groups in total. The Morgan fingerprint density at radius 3 is 1.60 bits per heavy atom. The molecule has 0 saturated heterocycles. The normalized spacial score (nSPS) is 13.4. The molecule has 4 aliphatic rings. The first-order chi connectivity index (χ1) is 42.8. The van der Waals surface area contributed by atoms with Crippen molar-refractivity contribution in [1.82, 2.24) is 9.13 Å². The Hall–Kier alpha value is -10.5. The molecule has 0 atom stereocenters. The summed E-state index contributed by atoms with van der Waals surface area (Å²) in [5.41, 5.74) is 21.9.